The molecule has 5 rings (SSSR count). The molecule has 4 heteroatoms. The van der Waals surface area contributed by atoms with Crippen LogP contribution in [0.4, 0.5) is 0 Å². The number of hydrogen-bond acceptors (Lipinski definition) is 3. The molecule has 2 aliphatic carbocycles. The van der Waals surface area contributed by atoms with Crippen molar-refractivity contribution in [3.63, 3.8) is 0 Å². The molecule has 1 radical (unpaired) electrons. The number of fused-ring (bicyclic) bond motifs is 2. The molecule has 2 aliphatic rings. The Kier molecular flexibility index (Phi) is 8.03. The fourth-order valence-corrected chi connectivity index (χ4v) is 4.84. The SMILES string of the molecule is Cc1[c-]c(-c2ccc3c(C)cccc3n2)cc(C)c1.O=C1CCCC2CCCC(O)=C12.[Ir]. The summed E-state index contributed by atoms with van der Waals surface area (Å²) in [6.45, 7) is 6.30. The average Bonchev–Trinajstić information content (AvgIpc) is 2.74. The van der Waals surface area contributed by atoms with Crippen LogP contribution in [0.25, 0.3) is 22.2 Å². The van der Waals surface area contributed by atoms with Crippen molar-refractivity contribution in [2.75, 3.05) is 0 Å². The molecule has 1 saturated carbocycles. The van der Waals surface area contributed by atoms with Gasteiger partial charge in [-0.15, -0.1) is 34.9 Å². The molecule has 2 aromatic carbocycles. The van der Waals surface area contributed by atoms with E-state index >= 15 is 0 Å². The summed E-state index contributed by atoms with van der Waals surface area (Å²) in [5, 5.41) is 10.8. The molecule has 1 aromatic heterocycles. The third-order valence-corrected chi connectivity index (χ3v) is 6.32. The third-order valence-electron chi connectivity index (χ3n) is 6.32. The van der Waals surface area contributed by atoms with E-state index in [1.165, 1.54) is 16.5 Å². The van der Waals surface area contributed by atoms with Gasteiger partial charge >= 0.3 is 0 Å². The molecule has 1 N–H and O–H groups in total. The minimum atomic E-state index is 0. The summed E-state index contributed by atoms with van der Waals surface area (Å²) in [7, 11) is 0. The van der Waals surface area contributed by atoms with Crippen molar-refractivity contribution in [2.45, 2.75) is 59.3 Å². The number of nitrogens with zero attached hydrogens (tertiary/aromatic N) is 1. The van der Waals surface area contributed by atoms with Gasteiger partial charge in [0.15, 0.2) is 5.78 Å². The zero-order valence-corrected chi connectivity index (χ0v) is 21.4. The Morgan fingerprint density at radius 1 is 1.00 bits per heavy atom. The first-order chi connectivity index (χ1) is 14.9. The molecule has 0 saturated heterocycles. The smallest absolute Gasteiger partial charge is 0.162 e. The van der Waals surface area contributed by atoms with Crippen LogP contribution in [-0.2, 0) is 24.9 Å². The molecule has 1 fully saturated rings. The molecular formula is C28H30IrNO2-. The second-order valence-electron chi connectivity index (χ2n) is 8.86. The van der Waals surface area contributed by atoms with E-state index < -0.39 is 0 Å². The van der Waals surface area contributed by atoms with Crippen LogP contribution in [-0.4, -0.2) is 15.9 Å². The van der Waals surface area contributed by atoms with Crippen LogP contribution in [0.2, 0.25) is 0 Å². The van der Waals surface area contributed by atoms with Crippen molar-refractivity contribution in [1.82, 2.24) is 4.98 Å². The van der Waals surface area contributed by atoms with E-state index in [0.717, 1.165) is 60.0 Å². The van der Waals surface area contributed by atoms with Crippen LogP contribution in [0.15, 0.2) is 53.8 Å². The summed E-state index contributed by atoms with van der Waals surface area (Å²) in [5.41, 5.74) is 7.54. The number of aromatic nitrogens is 1. The number of aliphatic hydroxyl groups excluding tert-OH is 1. The number of aryl methyl sites for hydroxylation is 3. The molecular weight excluding hydrogens is 575 g/mol. The molecule has 0 aliphatic heterocycles. The maximum Gasteiger partial charge on any atom is 0.162 e. The summed E-state index contributed by atoms with van der Waals surface area (Å²) in [4.78, 5) is 16.2. The van der Waals surface area contributed by atoms with Gasteiger partial charge in [-0.1, -0.05) is 38.1 Å². The molecule has 0 bridgehead atoms. The van der Waals surface area contributed by atoms with Gasteiger partial charge in [-0.2, -0.15) is 0 Å². The molecule has 1 unspecified atom stereocenters. The summed E-state index contributed by atoms with van der Waals surface area (Å²) in [5.74, 6) is 0.972. The van der Waals surface area contributed by atoms with E-state index in [0.29, 0.717) is 18.1 Å². The van der Waals surface area contributed by atoms with E-state index in [9.17, 15) is 9.90 Å². The predicted octanol–water partition coefficient (Wildman–Crippen LogP) is 6.98. The average molecular weight is 605 g/mol. The number of rotatable bonds is 1. The first kappa shape index (κ1) is 24.4. The fraction of sp³-hybridized carbons (Fsp3) is 0.357. The van der Waals surface area contributed by atoms with Gasteiger partial charge in [-0.05, 0) is 55.8 Å². The van der Waals surface area contributed by atoms with Crippen LogP contribution in [0.1, 0.15) is 55.2 Å². The standard InChI is InChI=1S/C18H16N.C10H14O2.Ir/c1-12-9-13(2)11-15(10-12)17-8-7-16-14(3)5-4-6-18(16)19-17;11-8-5-1-3-7-4-2-6-9(12)10(7)8;/h4-10H,1-3H3;7,11H,1-6H2;/q-1;;. The summed E-state index contributed by atoms with van der Waals surface area (Å²) < 4.78 is 0. The number of carbonyl (C=O) groups is 1. The predicted molar refractivity (Wildman–Crippen MR) is 126 cm³/mol. The van der Waals surface area contributed by atoms with E-state index in [2.05, 4.69) is 69.3 Å². The van der Waals surface area contributed by atoms with E-state index in [4.69, 9.17) is 4.98 Å². The molecule has 32 heavy (non-hydrogen) atoms. The molecule has 0 amide bonds. The quantitative estimate of drug-likeness (QED) is 0.305. The van der Waals surface area contributed by atoms with Gasteiger partial charge in [0.1, 0.15) is 0 Å². The van der Waals surface area contributed by atoms with Gasteiger partial charge in [0.2, 0.25) is 0 Å². The molecule has 1 atom stereocenters. The Balaban J connectivity index is 0.000000193. The van der Waals surface area contributed by atoms with E-state index in [1.807, 2.05) is 0 Å². The van der Waals surface area contributed by atoms with Crippen molar-refractivity contribution in [1.29, 1.82) is 0 Å². The van der Waals surface area contributed by atoms with Gasteiger partial charge in [-0.3, -0.25) is 9.78 Å². The number of benzene rings is 2. The Morgan fingerprint density at radius 2 is 1.75 bits per heavy atom. The Morgan fingerprint density at radius 3 is 2.47 bits per heavy atom. The largest absolute Gasteiger partial charge is 0.512 e. The summed E-state index contributed by atoms with van der Waals surface area (Å²) >= 11 is 0. The molecule has 1 heterocycles. The van der Waals surface area contributed by atoms with Gasteiger partial charge in [0, 0.05) is 43.9 Å². The van der Waals surface area contributed by atoms with Crippen LogP contribution >= 0.6 is 0 Å². The monoisotopic (exact) mass is 605 g/mol. The van der Waals surface area contributed by atoms with Gasteiger partial charge < -0.3 is 5.11 Å². The number of carbonyl (C=O) groups excluding carboxylic acids is 1. The maximum atomic E-state index is 11.4. The van der Waals surface area contributed by atoms with Crippen LogP contribution in [0, 0.1) is 32.8 Å². The molecule has 3 aromatic rings. The zero-order valence-electron chi connectivity index (χ0n) is 19.0. The minimum absolute atomic E-state index is 0. The fourth-order valence-electron chi connectivity index (χ4n) is 4.84. The van der Waals surface area contributed by atoms with Crippen LogP contribution in [0.5, 0.6) is 0 Å². The second kappa shape index (κ2) is 10.6. The number of Topliss-reactive ketones (excluding diaryl/α,β-unsaturated/α-hetero) is 1. The van der Waals surface area contributed by atoms with Gasteiger partial charge in [-0.25, -0.2) is 0 Å². The Labute approximate surface area is 204 Å². The number of pyridine rings is 1. The van der Waals surface area contributed by atoms with Crippen molar-refractivity contribution in [2.24, 2.45) is 5.92 Å². The first-order valence-corrected chi connectivity index (χ1v) is 11.2. The third kappa shape index (κ3) is 5.36. The molecule has 3 nitrogen and oxygen atoms in total. The number of hydrogen-bond donors (Lipinski definition) is 1. The van der Waals surface area contributed by atoms with Crippen molar-refractivity contribution >= 4 is 16.7 Å². The van der Waals surface area contributed by atoms with Crippen molar-refractivity contribution < 1.29 is 30.0 Å². The minimum Gasteiger partial charge on any atom is -0.512 e. The maximum absolute atomic E-state index is 11.4. The first-order valence-electron chi connectivity index (χ1n) is 11.2. The topological polar surface area (TPSA) is 50.2 Å². The number of aliphatic hydroxyl groups is 1. The summed E-state index contributed by atoms with van der Waals surface area (Å²) in [6, 6.07) is 18.1. The zero-order chi connectivity index (χ0) is 22.0. The Hall–Kier alpha value is -2.29. The Bertz CT molecular complexity index is 1150. The molecule has 169 valence electrons. The van der Waals surface area contributed by atoms with Crippen molar-refractivity contribution in [3.05, 3.63) is 76.6 Å². The second-order valence-corrected chi connectivity index (χ2v) is 8.86. The molecule has 0 spiro atoms. The van der Waals surface area contributed by atoms with Gasteiger partial charge in [0.05, 0.1) is 11.3 Å². The van der Waals surface area contributed by atoms with E-state index in [1.54, 1.807) is 0 Å². The van der Waals surface area contributed by atoms with Gasteiger partial charge in [0.25, 0.3) is 0 Å². The van der Waals surface area contributed by atoms with Crippen molar-refractivity contribution in [3.8, 4) is 11.3 Å². The van der Waals surface area contributed by atoms with Crippen LogP contribution in [0.3, 0.4) is 0 Å². The van der Waals surface area contributed by atoms with E-state index in [-0.39, 0.29) is 25.9 Å². The normalized spacial score (nSPS) is 17.8. The van der Waals surface area contributed by atoms with Crippen LogP contribution < -0.4 is 0 Å². The summed E-state index contributed by atoms with van der Waals surface area (Å²) in [6.07, 6.45) is 5.64. The number of allylic oxidation sites excluding steroid dienone is 2. The number of ketones is 1.